The average Bonchev–Trinajstić information content (AvgIpc) is 3.12. The van der Waals surface area contributed by atoms with Crippen molar-refractivity contribution < 1.29 is 9.13 Å². The van der Waals surface area contributed by atoms with Crippen molar-refractivity contribution in [3.8, 4) is 22.6 Å². The van der Waals surface area contributed by atoms with Crippen molar-refractivity contribution in [3.63, 3.8) is 0 Å². The Balaban J connectivity index is 1.57. The van der Waals surface area contributed by atoms with Crippen LogP contribution in [0.2, 0.25) is 0 Å². The molecule has 0 atom stereocenters. The number of alkyl halides is 1. The van der Waals surface area contributed by atoms with Gasteiger partial charge in [-0.2, -0.15) is 0 Å². The first-order chi connectivity index (χ1) is 14.7. The molecule has 0 saturated heterocycles. The zero-order valence-electron chi connectivity index (χ0n) is 16.7. The summed E-state index contributed by atoms with van der Waals surface area (Å²) >= 11 is 0. The second kappa shape index (κ2) is 7.46. The largest absolute Gasteiger partial charge is 0.497 e. The molecule has 152 valence electrons. The molecule has 5 nitrogen and oxygen atoms in total. The lowest BCUT2D eigenvalue weighted by atomic mass is 10.1. The van der Waals surface area contributed by atoms with Gasteiger partial charge in [-0.05, 0) is 47.0 Å². The molecule has 1 aliphatic heterocycles. The lowest BCUT2D eigenvalue weighted by molar-refractivity contribution is 0.374. The summed E-state index contributed by atoms with van der Waals surface area (Å²) in [5.74, 6) is 0.772. The van der Waals surface area contributed by atoms with Gasteiger partial charge >= 0.3 is 0 Å². The Hall–Kier alpha value is -3.38. The standard InChI is InChI=1S/C24H22FN3O2/c1-30-19-5-2-16(3-6-19)17-9-11-27(24(29)12-17)18-4-7-20-21-14-26-10-8-22(21)28(15-25)23(20)13-18/h2-7,9,11-13,26H,8,10,14-15H2,1H3. The van der Waals surface area contributed by atoms with E-state index in [1.807, 2.05) is 48.5 Å². The van der Waals surface area contributed by atoms with Crippen molar-refractivity contribution in [1.82, 2.24) is 14.5 Å². The molecule has 2 aromatic carbocycles. The number of methoxy groups -OCH3 is 1. The molecular formula is C24H22FN3O2. The van der Waals surface area contributed by atoms with Crippen LogP contribution in [-0.4, -0.2) is 22.8 Å². The lowest BCUT2D eigenvalue weighted by Crippen LogP contribution is -2.24. The Morgan fingerprint density at radius 3 is 2.63 bits per heavy atom. The van der Waals surface area contributed by atoms with Gasteiger partial charge < -0.3 is 14.6 Å². The molecule has 4 aromatic rings. The van der Waals surface area contributed by atoms with E-state index in [1.165, 1.54) is 0 Å². The molecule has 1 N–H and O–H groups in total. The predicted octanol–water partition coefficient (Wildman–Crippen LogP) is 4.04. The van der Waals surface area contributed by atoms with Crippen molar-refractivity contribution >= 4 is 10.9 Å². The highest BCUT2D eigenvalue weighted by Crippen LogP contribution is 2.30. The maximum absolute atomic E-state index is 13.8. The summed E-state index contributed by atoms with van der Waals surface area (Å²) in [5, 5.41) is 4.40. The van der Waals surface area contributed by atoms with E-state index in [1.54, 1.807) is 28.5 Å². The van der Waals surface area contributed by atoms with E-state index in [-0.39, 0.29) is 5.56 Å². The Morgan fingerprint density at radius 2 is 1.90 bits per heavy atom. The minimum absolute atomic E-state index is 0.132. The molecule has 5 rings (SSSR count). The molecule has 0 aliphatic carbocycles. The van der Waals surface area contributed by atoms with Gasteiger partial charge in [-0.15, -0.1) is 0 Å². The number of ether oxygens (including phenoxy) is 1. The van der Waals surface area contributed by atoms with E-state index in [0.717, 1.165) is 64.2 Å². The molecule has 0 spiro atoms. The van der Waals surface area contributed by atoms with Crippen LogP contribution in [0.3, 0.4) is 0 Å². The molecule has 0 amide bonds. The first kappa shape index (κ1) is 18.6. The van der Waals surface area contributed by atoms with Gasteiger partial charge in [-0.1, -0.05) is 18.2 Å². The fraction of sp³-hybridized carbons (Fsp3) is 0.208. The number of halogens is 1. The number of rotatable bonds is 4. The summed E-state index contributed by atoms with van der Waals surface area (Å²) in [6.07, 6.45) is 2.58. The Bertz CT molecular complexity index is 1290. The second-order valence-electron chi connectivity index (χ2n) is 7.45. The first-order valence-electron chi connectivity index (χ1n) is 9.98. The Labute approximate surface area is 173 Å². The molecule has 0 fully saturated rings. The zero-order valence-corrected chi connectivity index (χ0v) is 16.7. The molecule has 3 heterocycles. The third-order valence-electron chi connectivity index (χ3n) is 5.85. The molecule has 0 unspecified atom stereocenters. The van der Waals surface area contributed by atoms with E-state index in [4.69, 9.17) is 4.74 Å². The maximum Gasteiger partial charge on any atom is 0.255 e. The smallest absolute Gasteiger partial charge is 0.255 e. The quantitative estimate of drug-likeness (QED) is 0.560. The molecule has 0 bridgehead atoms. The van der Waals surface area contributed by atoms with Crippen molar-refractivity contribution in [2.45, 2.75) is 19.8 Å². The van der Waals surface area contributed by atoms with Crippen molar-refractivity contribution in [1.29, 1.82) is 0 Å². The predicted molar refractivity (Wildman–Crippen MR) is 116 cm³/mol. The molecule has 6 heteroatoms. The molecule has 2 aromatic heterocycles. The summed E-state index contributed by atoms with van der Waals surface area (Å²) in [7, 11) is 1.62. The van der Waals surface area contributed by atoms with E-state index < -0.39 is 6.80 Å². The fourth-order valence-electron chi connectivity index (χ4n) is 4.31. The van der Waals surface area contributed by atoms with Crippen LogP contribution in [0, 0.1) is 0 Å². The topological polar surface area (TPSA) is 48.2 Å². The van der Waals surface area contributed by atoms with Gasteiger partial charge in [0.1, 0.15) is 5.75 Å². The Morgan fingerprint density at radius 1 is 1.07 bits per heavy atom. The highest BCUT2D eigenvalue weighted by molar-refractivity contribution is 5.87. The fourth-order valence-corrected chi connectivity index (χ4v) is 4.31. The number of nitrogens with zero attached hydrogens (tertiary/aromatic N) is 2. The SMILES string of the molecule is COc1ccc(-c2ccn(-c3ccc4c5c(n(CF)c4c3)CCNC5)c(=O)c2)cc1. The summed E-state index contributed by atoms with van der Waals surface area (Å²) in [6, 6.07) is 17.0. The number of hydrogen-bond acceptors (Lipinski definition) is 3. The van der Waals surface area contributed by atoms with E-state index in [2.05, 4.69) is 5.32 Å². The number of benzene rings is 2. The van der Waals surface area contributed by atoms with Gasteiger partial charge in [0.05, 0.1) is 18.3 Å². The van der Waals surface area contributed by atoms with Crippen LogP contribution in [0.25, 0.3) is 27.7 Å². The summed E-state index contributed by atoms with van der Waals surface area (Å²) in [6.45, 7) is 1.03. The van der Waals surface area contributed by atoms with Gasteiger partial charge in [0.25, 0.3) is 5.56 Å². The third kappa shape index (κ3) is 3.00. The number of aromatic nitrogens is 2. The van der Waals surface area contributed by atoms with Gasteiger partial charge in [0.2, 0.25) is 0 Å². The van der Waals surface area contributed by atoms with Crippen LogP contribution in [0.1, 0.15) is 11.3 Å². The van der Waals surface area contributed by atoms with E-state index in [9.17, 15) is 9.18 Å². The minimum atomic E-state index is -0.569. The van der Waals surface area contributed by atoms with Crippen LogP contribution in [0.15, 0.2) is 65.6 Å². The highest BCUT2D eigenvalue weighted by Gasteiger charge is 2.20. The van der Waals surface area contributed by atoms with Gasteiger partial charge in [0.15, 0.2) is 6.80 Å². The number of pyridine rings is 1. The molecular weight excluding hydrogens is 381 g/mol. The molecule has 0 saturated carbocycles. The minimum Gasteiger partial charge on any atom is -0.497 e. The first-order valence-corrected chi connectivity index (χ1v) is 9.98. The van der Waals surface area contributed by atoms with Crippen LogP contribution in [-0.2, 0) is 19.8 Å². The summed E-state index contributed by atoms with van der Waals surface area (Å²) in [5.41, 5.74) is 5.41. The maximum atomic E-state index is 13.8. The van der Waals surface area contributed by atoms with E-state index >= 15 is 0 Å². The molecule has 30 heavy (non-hydrogen) atoms. The van der Waals surface area contributed by atoms with Gasteiger partial charge in [-0.25, -0.2) is 4.39 Å². The van der Waals surface area contributed by atoms with Crippen LogP contribution in [0.4, 0.5) is 4.39 Å². The second-order valence-corrected chi connectivity index (χ2v) is 7.45. The highest BCUT2D eigenvalue weighted by atomic mass is 19.1. The monoisotopic (exact) mass is 403 g/mol. The van der Waals surface area contributed by atoms with E-state index in [0.29, 0.717) is 0 Å². The Kier molecular flexibility index (Phi) is 4.64. The van der Waals surface area contributed by atoms with Crippen molar-refractivity contribution in [2.24, 2.45) is 0 Å². The van der Waals surface area contributed by atoms with Crippen LogP contribution < -0.4 is 15.6 Å². The lowest BCUT2D eigenvalue weighted by Gasteiger charge is -2.15. The van der Waals surface area contributed by atoms with Crippen LogP contribution in [0.5, 0.6) is 5.75 Å². The van der Waals surface area contributed by atoms with Gasteiger partial charge in [-0.3, -0.25) is 9.36 Å². The normalized spacial score (nSPS) is 13.4. The summed E-state index contributed by atoms with van der Waals surface area (Å²) in [4.78, 5) is 12.9. The average molecular weight is 403 g/mol. The zero-order chi connectivity index (χ0) is 20.7. The van der Waals surface area contributed by atoms with Gasteiger partial charge in [0, 0.05) is 42.9 Å². The number of nitrogens with one attached hydrogen (secondary N) is 1. The number of hydrogen-bond donors (Lipinski definition) is 1. The third-order valence-corrected chi connectivity index (χ3v) is 5.85. The van der Waals surface area contributed by atoms with Crippen LogP contribution >= 0.6 is 0 Å². The van der Waals surface area contributed by atoms with Crippen molar-refractivity contribution in [3.05, 3.63) is 82.4 Å². The van der Waals surface area contributed by atoms with Crippen molar-refractivity contribution in [2.75, 3.05) is 13.7 Å². The summed E-state index contributed by atoms with van der Waals surface area (Å²) < 4.78 is 22.4. The molecule has 0 radical (unpaired) electrons. The number of fused-ring (bicyclic) bond motifs is 3. The molecule has 1 aliphatic rings.